The molecule has 1 N–H and O–H groups in total. The summed E-state index contributed by atoms with van der Waals surface area (Å²) >= 11 is 6.01. The topological polar surface area (TPSA) is 30.5 Å². The molecule has 4 heteroatoms. The van der Waals surface area contributed by atoms with E-state index in [0.29, 0.717) is 12.7 Å². The summed E-state index contributed by atoms with van der Waals surface area (Å²) in [6.45, 7) is 5.19. The van der Waals surface area contributed by atoms with Gasteiger partial charge in [0.1, 0.15) is 5.75 Å². The normalized spacial score (nSPS) is 19.1. The Morgan fingerprint density at radius 1 is 1.50 bits per heavy atom. The van der Waals surface area contributed by atoms with E-state index in [4.69, 9.17) is 21.1 Å². The summed E-state index contributed by atoms with van der Waals surface area (Å²) < 4.78 is 11.2. The highest BCUT2D eigenvalue weighted by Gasteiger charge is 2.14. The number of benzene rings is 1. The van der Waals surface area contributed by atoms with Crippen LogP contribution < -0.4 is 10.1 Å². The summed E-state index contributed by atoms with van der Waals surface area (Å²) in [6.07, 6.45) is 2.69. The summed E-state index contributed by atoms with van der Waals surface area (Å²) in [5.41, 5.74) is 1.10. The zero-order valence-corrected chi connectivity index (χ0v) is 11.5. The Labute approximate surface area is 113 Å². The predicted octanol–water partition coefficient (Wildman–Crippen LogP) is 3.01. The summed E-state index contributed by atoms with van der Waals surface area (Å²) in [5, 5.41) is 4.15. The van der Waals surface area contributed by atoms with Gasteiger partial charge in [0.25, 0.3) is 0 Å². The van der Waals surface area contributed by atoms with E-state index in [0.717, 1.165) is 42.5 Å². The Morgan fingerprint density at radius 2 is 2.39 bits per heavy atom. The largest absolute Gasteiger partial charge is 0.494 e. The van der Waals surface area contributed by atoms with Crippen LogP contribution in [0.1, 0.15) is 25.3 Å². The van der Waals surface area contributed by atoms with Crippen molar-refractivity contribution >= 4 is 11.6 Å². The predicted molar refractivity (Wildman–Crippen MR) is 73.3 cm³/mol. The van der Waals surface area contributed by atoms with Crippen LogP contribution in [0.15, 0.2) is 18.2 Å². The SMILES string of the molecule is CCOc1ccc(Cl)cc1CNC[C@H]1CCCO1. The van der Waals surface area contributed by atoms with Gasteiger partial charge in [-0.15, -0.1) is 0 Å². The Hall–Kier alpha value is -0.770. The van der Waals surface area contributed by atoms with E-state index < -0.39 is 0 Å². The van der Waals surface area contributed by atoms with Crippen LogP contribution in [0.5, 0.6) is 5.75 Å². The fourth-order valence-electron chi connectivity index (χ4n) is 2.16. The number of rotatable bonds is 6. The Morgan fingerprint density at radius 3 is 3.11 bits per heavy atom. The van der Waals surface area contributed by atoms with Gasteiger partial charge in [0.15, 0.2) is 0 Å². The molecule has 2 rings (SSSR count). The fourth-order valence-corrected chi connectivity index (χ4v) is 2.35. The molecule has 0 radical (unpaired) electrons. The molecule has 0 aliphatic carbocycles. The molecular weight excluding hydrogens is 250 g/mol. The molecular formula is C14H20ClNO2. The van der Waals surface area contributed by atoms with E-state index in [1.807, 2.05) is 25.1 Å². The van der Waals surface area contributed by atoms with Gasteiger partial charge in [0.05, 0.1) is 12.7 Å². The maximum Gasteiger partial charge on any atom is 0.123 e. The van der Waals surface area contributed by atoms with Crippen LogP contribution in [0.4, 0.5) is 0 Å². The van der Waals surface area contributed by atoms with Crippen LogP contribution in [0.3, 0.4) is 0 Å². The van der Waals surface area contributed by atoms with Crippen LogP contribution in [0.2, 0.25) is 5.02 Å². The van der Waals surface area contributed by atoms with Crippen molar-refractivity contribution < 1.29 is 9.47 Å². The van der Waals surface area contributed by atoms with E-state index in [-0.39, 0.29) is 0 Å². The lowest BCUT2D eigenvalue weighted by Crippen LogP contribution is -2.26. The molecule has 18 heavy (non-hydrogen) atoms. The third-order valence-corrected chi connectivity index (χ3v) is 3.27. The molecule has 1 aromatic rings. The molecule has 0 amide bonds. The first kappa shape index (κ1) is 13.7. The Balaban J connectivity index is 1.88. The summed E-state index contributed by atoms with van der Waals surface area (Å²) in [5.74, 6) is 0.904. The fraction of sp³-hybridized carbons (Fsp3) is 0.571. The van der Waals surface area contributed by atoms with Crippen molar-refractivity contribution in [1.29, 1.82) is 0 Å². The maximum absolute atomic E-state index is 6.01. The highest BCUT2D eigenvalue weighted by molar-refractivity contribution is 6.30. The molecule has 1 aliphatic heterocycles. The van der Waals surface area contributed by atoms with Gasteiger partial charge in [-0.3, -0.25) is 0 Å². The van der Waals surface area contributed by atoms with Gasteiger partial charge in [-0.05, 0) is 38.0 Å². The van der Waals surface area contributed by atoms with E-state index in [1.54, 1.807) is 0 Å². The van der Waals surface area contributed by atoms with Crippen molar-refractivity contribution in [3.05, 3.63) is 28.8 Å². The second-order valence-corrected chi connectivity index (χ2v) is 4.89. The molecule has 1 atom stereocenters. The molecule has 1 aromatic carbocycles. The van der Waals surface area contributed by atoms with Crippen LogP contribution in [-0.2, 0) is 11.3 Å². The molecule has 1 heterocycles. The van der Waals surface area contributed by atoms with Crippen LogP contribution in [-0.4, -0.2) is 25.9 Å². The van der Waals surface area contributed by atoms with Crippen molar-refractivity contribution in [2.75, 3.05) is 19.8 Å². The monoisotopic (exact) mass is 269 g/mol. The Kier molecular flexibility index (Phi) is 5.29. The number of ether oxygens (including phenoxy) is 2. The molecule has 0 spiro atoms. The van der Waals surface area contributed by atoms with Gasteiger partial charge in [-0.2, -0.15) is 0 Å². The van der Waals surface area contributed by atoms with Gasteiger partial charge in [-0.25, -0.2) is 0 Å². The molecule has 100 valence electrons. The van der Waals surface area contributed by atoms with Gasteiger partial charge in [-0.1, -0.05) is 11.6 Å². The van der Waals surface area contributed by atoms with Crippen LogP contribution in [0.25, 0.3) is 0 Å². The first-order chi connectivity index (χ1) is 8.79. The van der Waals surface area contributed by atoms with E-state index in [1.165, 1.54) is 6.42 Å². The second kappa shape index (κ2) is 6.98. The van der Waals surface area contributed by atoms with Gasteiger partial charge < -0.3 is 14.8 Å². The zero-order valence-electron chi connectivity index (χ0n) is 10.7. The van der Waals surface area contributed by atoms with Crippen molar-refractivity contribution in [3.8, 4) is 5.75 Å². The molecule has 0 saturated carbocycles. The van der Waals surface area contributed by atoms with Crippen molar-refractivity contribution in [3.63, 3.8) is 0 Å². The smallest absolute Gasteiger partial charge is 0.123 e. The average Bonchev–Trinajstić information content (AvgIpc) is 2.86. The highest BCUT2D eigenvalue weighted by Crippen LogP contribution is 2.23. The molecule has 0 unspecified atom stereocenters. The first-order valence-electron chi connectivity index (χ1n) is 6.53. The standard InChI is InChI=1S/C14H20ClNO2/c1-2-17-14-6-5-12(15)8-11(14)9-16-10-13-4-3-7-18-13/h5-6,8,13,16H,2-4,7,9-10H2,1H3/t13-/m1/s1. The summed E-state index contributed by atoms with van der Waals surface area (Å²) in [7, 11) is 0. The van der Waals surface area contributed by atoms with E-state index >= 15 is 0 Å². The lowest BCUT2D eigenvalue weighted by Gasteiger charge is -2.13. The molecule has 1 saturated heterocycles. The van der Waals surface area contributed by atoms with Gasteiger partial charge >= 0.3 is 0 Å². The number of halogens is 1. The van der Waals surface area contributed by atoms with Crippen molar-refractivity contribution in [2.45, 2.75) is 32.4 Å². The maximum atomic E-state index is 6.01. The van der Waals surface area contributed by atoms with Crippen molar-refractivity contribution in [1.82, 2.24) is 5.32 Å². The first-order valence-corrected chi connectivity index (χ1v) is 6.91. The van der Waals surface area contributed by atoms with E-state index in [9.17, 15) is 0 Å². The minimum Gasteiger partial charge on any atom is -0.494 e. The number of hydrogen-bond acceptors (Lipinski definition) is 3. The minimum absolute atomic E-state index is 0.361. The van der Waals surface area contributed by atoms with E-state index in [2.05, 4.69) is 5.32 Å². The van der Waals surface area contributed by atoms with Gasteiger partial charge in [0, 0.05) is 30.3 Å². The third-order valence-electron chi connectivity index (χ3n) is 3.03. The third kappa shape index (κ3) is 3.87. The summed E-state index contributed by atoms with van der Waals surface area (Å²) in [4.78, 5) is 0. The average molecular weight is 270 g/mol. The molecule has 0 bridgehead atoms. The molecule has 1 fully saturated rings. The molecule has 3 nitrogen and oxygen atoms in total. The van der Waals surface area contributed by atoms with Gasteiger partial charge in [0.2, 0.25) is 0 Å². The second-order valence-electron chi connectivity index (χ2n) is 4.45. The quantitative estimate of drug-likeness (QED) is 0.861. The molecule has 0 aromatic heterocycles. The number of nitrogens with one attached hydrogen (secondary N) is 1. The highest BCUT2D eigenvalue weighted by atomic mass is 35.5. The van der Waals surface area contributed by atoms with Crippen LogP contribution in [0, 0.1) is 0 Å². The minimum atomic E-state index is 0.361. The lowest BCUT2D eigenvalue weighted by atomic mass is 10.2. The Bertz CT molecular complexity index is 378. The zero-order chi connectivity index (χ0) is 12.8. The van der Waals surface area contributed by atoms with Crippen LogP contribution >= 0.6 is 11.6 Å². The molecule has 1 aliphatic rings. The lowest BCUT2D eigenvalue weighted by molar-refractivity contribution is 0.110. The van der Waals surface area contributed by atoms with Crippen molar-refractivity contribution in [2.24, 2.45) is 0 Å². The number of hydrogen-bond donors (Lipinski definition) is 1. The summed E-state index contributed by atoms with van der Waals surface area (Å²) in [6, 6.07) is 5.74.